The number of unbranched alkanes of at least 4 members (excludes halogenated alkanes) is 6. The van der Waals surface area contributed by atoms with Crippen molar-refractivity contribution in [1.29, 1.82) is 0 Å². The average molecular weight is 642 g/mol. The molecule has 0 saturated carbocycles. The molecular weight excluding hydrogens is 595 g/mol. The third-order valence-electron chi connectivity index (χ3n) is 7.64. The van der Waals surface area contributed by atoms with E-state index in [9.17, 15) is 13.2 Å². The Labute approximate surface area is 261 Å². The summed E-state index contributed by atoms with van der Waals surface area (Å²) in [5, 5.41) is 6.92. The van der Waals surface area contributed by atoms with E-state index in [0.29, 0.717) is 35.4 Å². The van der Waals surface area contributed by atoms with Gasteiger partial charge in [0.2, 0.25) is 10.0 Å². The standard InChI is InChI=1S/C31H46Cl2N4O4S/c1-5-6-15-34-31(38)35-16-11-9-7-8-10-12-17-36-42(39,40)24-13-14-29(22(2)18-24)41-30-26-19-23(32)20-27(33)25(26)21-28(30)37(3)4/h13-14,18-20,28,30,36H,5-12,15-17,21H2,1-4H3,(H2,34,35,38)/t28-,30-/m0/s1. The van der Waals surface area contributed by atoms with Gasteiger partial charge in [0.15, 0.2) is 0 Å². The van der Waals surface area contributed by atoms with E-state index in [0.717, 1.165) is 74.5 Å². The maximum Gasteiger partial charge on any atom is 0.314 e. The monoisotopic (exact) mass is 640 g/mol. The Morgan fingerprint density at radius 2 is 1.60 bits per heavy atom. The third-order valence-corrected chi connectivity index (χ3v) is 9.65. The number of hydrogen-bond donors (Lipinski definition) is 3. The lowest BCUT2D eigenvalue weighted by Gasteiger charge is -2.28. The minimum absolute atomic E-state index is 0.0685. The highest BCUT2D eigenvalue weighted by Crippen LogP contribution is 2.42. The summed E-state index contributed by atoms with van der Waals surface area (Å²) >= 11 is 12.8. The Morgan fingerprint density at radius 3 is 2.24 bits per heavy atom. The zero-order chi connectivity index (χ0) is 30.7. The number of likely N-dealkylation sites (N-methyl/N-ethyl adjacent to an activating group) is 1. The molecule has 0 radical (unpaired) electrons. The molecule has 11 heteroatoms. The molecule has 0 aromatic heterocycles. The molecule has 0 spiro atoms. The van der Waals surface area contributed by atoms with Crippen molar-refractivity contribution in [1.82, 2.24) is 20.3 Å². The Kier molecular flexibility index (Phi) is 13.7. The zero-order valence-electron chi connectivity index (χ0n) is 25.3. The van der Waals surface area contributed by atoms with E-state index in [-0.39, 0.29) is 23.1 Å². The summed E-state index contributed by atoms with van der Waals surface area (Å²) in [7, 11) is 0.386. The van der Waals surface area contributed by atoms with Crippen LogP contribution in [0.4, 0.5) is 4.79 Å². The number of sulfonamides is 1. The largest absolute Gasteiger partial charge is 0.484 e. The van der Waals surface area contributed by atoms with Crippen LogP contribution in [0, 0.1) is 6.92 Å². The number of nitrogens with zero attached hydrogens (tertiary/aromatic N) is 1. The quantitative estimate of drug-likeness (QED) is 0.169. The van der Waals surface area contributed by atoms with Crippen LogP contribution in [0.3, 0.4) is 0 Å². The molecule has 0 bridgehead atoms. The first-order valence-electron chi connectivity index (χ1n) is 15.0. The Balaban J connectivity index is 1.43. The minimum atomic E-state index is -3.63. The topological polar surface area (TPSA) is 99.8 Å². The van der Waals surface area contributed by atoms with E-state index in [2.05, 4.69) is 27.2 Å². The second-order valence-corrected chi connectivity index (χ2v) is 13.8. The smallest absolute Gasteiger partial charge is 0.314 e. The number of halogens is 2. The molecular formula is C31H46Cl2N4O4S. The third kappa shape index (κ3) is 10.0. The summed E-state index contributed by atoms with van der Waals surface area (Å²) in [5.41, 5.74) is 2.74. The summed E-state index contributed by atoms with van der Waals surface area (Å²) < 4.78 is 35.1. The van der Waals surface area contributed by atoms with Gasteiger partial charge in [-0.3, -0.25) is 0 Å². The molecule has 42 heavy (non-hydrogen) atoms. The molecule has 1 aliphatic rings. The van der Waals surface area contributed by atoms with Gasteiger partial charge in [-0.25, -0.2) is 17.9 Å². The molecule has 8 nitrogen and oxygen atoms in total. The summed E-state index contributed by atoms with van der Waals surface area (Å²) in [6.07, 6.45) is 8.31. The van der Waals surface area contributed by atoms with Crippen molar-refractivity contribution in [3.63, 3.8) is 0 Å². The lowest BCUT2D eigenvalue weighted by atomic mass is 10.1. The Morgan fingerprint density at radius 1 is 0.952 bits per heavy atom. The fraction of sp³-hybridized carbons (Fsp3) is 0.581. The number of fused-ring (bicyclic) bond motifs is 1. The fourth-order valence-corrected chi connectivity index (χ4v) is 6.90. The number of carbonyl (C=O) groups excluding carboxylic acids is 1. The maximum absolute atomic E-state index is 12.9. The van der Waals surface area contributed by atoms with Crippen molar-refractivity contribution in [2.45, 2.75) is 88.7 Å². The van der Waals surface area contributed by atoms with Gasteiger partial charge in [-0.05, 0) is 88.2 Å². The molecule has 2 amide bonds. The summed E-state index contributed by atoms with van der Waals surface area (Å²) in [5.74, 6) is 0.627. The van der Waals surface area contributed by atoms with E-state index in [1.807, 2.05) is 27.1 Å². The van der Waals surface area contributed by atoms with Crippen LogP contribution in [0.1, 0.15) is 81.1 Å². The van der Waals surface area contributed by atoms with Gasteiger partial charge in [-0.1, -0.05) is 62.2 Å². The van der Waals surface area contributed by atoms with Crippen molar-refractivity contribution < 1.29 is 17.9 Å². The van der Waals surface area contributed by atoms with E-state index in [1.54, 1.807) is 24.3 Å². The number of nitrogens with one attached hydrogen (secondary N) is 3. The van der Waals surface area contributed by atoms with Gasteiger partial charge in [-0.2, -0.15) is 0 Å². The molecule has 0 fully saturated rings. The SMILES string of the molecule is CCCCNC(=O)NCCCCCCCCNS(=O)(=O)c1ccc(O[C@H]2c3cc(Cl)cc(Cl)c3C[C@@H]2N(C)C)c(C)c1. The molecule has 234 valence electrons. The summed E-state index contributed by atoms with van der Waals surface area (Å²) in [6.45, 7) is 5.73. The van der Waals surface area contributed by atoms with E-state index in [1.165, 1.54) is 0 Å². The molecule has 0 aliphatic heterocycles. The number of benzene rings is 2. The molecule has 2 aromatic carbocycles. The minimum Gasteiger partial charge on any atom is -0.484 e. The highest BCUT2D eigenvalue weighted by Gasteiger charge is 2.37. The van der Waals surface area contributed by atoms with Gasteiger partial charge >= 0.3 is 6.03 Å². The Hall–Kier alpha value is -2.04. The number of amides is 2. The van der Waals surface area contributed by atoms with Gasteiger partial charge in [0.1, 0.15) is 11.9 Å². The van der Waals surface area contributed by atoms with Gasteiger partial charge in [0.25, 0.3) is 0 Å². The average Bonchev–Trinajstić information content (AvgIpc) is 3.29. The van der Waals surface area contributed by atoms with Crippen LogP contribution in [-0.2, 0) is 16.4 Å². The number of carbonyl (C=O) groups is 1. The first kappa shape index (κ1) is 34.5. The maximum atomic E-state index is 12.9. The number of urea groups is 1. The van der Waals surface area contributed by atoms with Crippen molar-refractivity contribution in [3.05, 3.63) is 57.1 Å². The number of rotatable bonds is 17. The van der Waals surface area contributed by atoms with Crippen LogP contribution in [0.25, 0.3) is 0 Å². The highest BCUT2D eigenvalue weighted by molar-refractivity contribution is 7.89. The molecule has 3 N–H and O–H groups in total. The first-order chi connectivity index (χ1) is 20.0. The van der Waals surface area contributed by atoms with Gasteiger partial charge in [-0.15, -0.1) is 0 Å². The predicted octanol–water partition coefficient (Wildman–Crippen LogP) is 6.63. The van der Waals surface area contributed by atoms with Crippen LogP contribution in [-0.4, -0.2) is 59.1 Å². The number of ether oxygens (including phenoxy) is 1. The molecule has 0 unspecified atom stereocenters. The van der Waals surface area contributed by atoms with Gasteiger partial charge in [0, 0.05) is 35.2 Å². The zero-order valence-corrected chi connectivity index (χ0v) is 27.6. The molecule has 2 atom stereocenters. The van der Waals surface area contributed by atoms with E-state index in [4.69, 9.17) is 27.9 Å². The molecule has 0 saturated heterocycles. The van der Waals surface area contributed by atoms with Crippen molar-refractivity contribution in [2.75, 3.05) is 33.7 Å². The van der Waals surface area contributed by atoms with Crippen LogP contribution in [0.5, 0.6) is 5.75 Å². The predicted molar refractivity (Wildman–Crippen MR) is 171 cm³/mol. The lowest BCUT2D eigenvalue weighted by Crippen LogP contribution is -2.36. The molecule has 3 rings (SSSR count). The van der Waals surface area contributed by atoms with Crippen LogP contribution >= 0.6 is 23.2 Å². The van der Waals surface area contributed by atoms with E-state index >= 15 is 0 Å². The number of hydrogen-bond acceptors (Lipinski definition) is 5. The molecule has 1 aliphatic carbocycles. The van der Waals surface area contributed by atoms with Gasteiger partial charge < -0.3 is 20.3 Å². The first-order valence-corrected chi connectivity index (χ1v) is 17.2. The molecule has 2 aromatic rings. The van der Waals surface area contributed by atoms with Crippen molar-refractivity contribution in [2.24, 2.45) is 0 Å². The van der Waals surface area contributed by atoms with Crippen molar-refractivity contribution in [3.8, 4) is 5.75 Å². The van der Waals surface area contributed by atoms with Crippen LogP contribution in [0.15, 0.2) is 35.2 Å². The van der Waals surface area contributed by atoms with Gasteiger partial charge in [0.05, 0.1) is 10.9 Å². The summed E-state index contributed by atoms with van der Waals surface area (Å²) in [6, 6.07) is 8.61. The van der Waals surface area contributed by atoms with Crippen molar-refractivity contribution >= 4 is 39.3 Å². The highest BCUT2D eigenvalue weighted by atomic mass is 35.5. The van der Waals surface area contributed by atoms with Crippen LogP contribution < -0.4 is 20.1 Å². The van der Waals surface area contributed by atoms with E-state index < -0.39 is 10.0 Å². The number of aryl methyl sites for hydroxylation is 1. The lowest BCUT2D eigenvalue weighted by molar-refractivity contribution is 0.110. The summed E-state index contributed by atoms with van der Waals surface area (Å²) in [4.78, 5) is 13.9. The Bertz CT molecular complexity index is 1290. The van der Waals surface area contributed by atoms with Crippen LogP contribution in [0.2, 0.25) is 10.0 Å². The fourth-order valence-electron chi connectivity index (χ4n) is 5.16. The normalized spacial score (nSPS) is 16.5. The molecule has 0 heterocycles. The second kappa shape index (κ2) is 16.7. The second-order valence-electron chi connectivity index (χ2n) is 11.2.